The van der Waals surface area contributed by atoms with Crippen molar-refractivity contribution >= 4 is 33.0 Å². The molecule has 0 radical (unpaired) electrons. The number of nitrogens with zero attached hydrogens (tertiary/aromatic N) is 1. The topological polar surface area (TPSA) is 61.4 Å². The number of hydrogen-bond acceptors (Lipinski definition) is 3. The first-order chi connectivity index (χ1) is 13.2. The van der Waals surface area contributed by atoms with E-state index in [1.165, 1.54) is 6.42 Å². The minimum Gasteiger partial charge on any atom is -0.360 e. The molecule has 1 aromatic rings. The minimum atomic E-state index is -3.39. The largest absolute Gasteiger partial charge is 0.360 e. The van der Waals surface area contributed by atoms with Gasteiger partial charge in [-0.25, -0.2) is 8.42 Å². The first-order valence-corrected chi connectivity index (χ1v) is 12.2. The fourth-order valence-electron chi connectivity index (χ4n) is 4.77. The third-order valence-corrected chi connectivity index (χ3v) is 7.92. The third kappa shape index (κ3) is 5.45. The molecule has 2 fully saturated rings. The molecule has 7 heteroatoms. The Labute approximate surface area is 175 Å². The van der Waals surface area contributed by atoms with Gasteiger partial charge in [-0.1, -0.05) is 27.2 Å². The number of rotatable bonds is 4. The van der Waals surface area contributed by atoms with Crippen molar-refractivity contribution in [2.24, 2.45) is 11.3 Å². The molecule has 1 aliphatic heterocycles. The Morgan fingerprint density at radius 2 is 1.75 bits per heavy atom. The molecule has 3 rings (SSSR count). The van der Waals surface area contributed by atoms with Gasteiger partial charge in [-0.3, -0.25) is 0 Å². The van der Waals surface area contributed by atoms with Crippen LogP contribution in [0, 0.1) is 11.3 Å². The van der Waals surface area contributed by atoms with Crippen molar-refractivity contribution in [1.29, 1.82) is 0 Å². The Hall–Kier alpha value is -1.18. The van der Waals surface area contributed by atoms with Crippen LogP contribution in [0.2, 0.25) is 0 Å². The fourth-order valence-corrected chi connectivity index (χ4v) is 6.57. The van der Waals surface area contributed by atoms with E-state index in [0.29, 0.717) is 40.5 Å². The van der Waals surface area contributed by atoms with Gasteiger partial charge in [0.05, 0.1) is 4.90 Å². The van der Waals surface area contributed by atoms with Crippen molar-refractivity contribution in [3.8, 4) is 0 Å². The number of benzene rings is 1. The number of anilines is 1. The highest BCUT2D eigenvalue weighted by atomic mass is 32.2. The van der Waals surface area contributed by atoms with Crippen LogP contribution in [0.15, 0.2) is 29.2 Å². The predicted molar refractivity (Wildman–Crippen MR) is 119 cm³/mol. The average Bonchev–Trinajstić information content (AvgIpc) is 2.61. The highest BCUT2D eigenvalue weighted by Gasteiger charge is 2.32. The number of sulfonamides is 1. The van der Waals surface area contributed by atoms with Crippen molar-refractivity contribution in [3.63, 3.8) is 0 Å². The van der Waals surface area contributed by atoms with Crippen LogP contribution >= 0.6 is 12.2 Å². The zero-order valence-electron chi connectivity index (χ0n) is 17.2. The van der Waals surface area contributed by atoms with Crippen LogP contribution in [0.25, 0.3) is 0 Å². The Morgan fingerprint density at radius 1 is 1.11 bits per heavy atom. The van der Waals surface area contributed by atoms with Gasteiger partial charge < -0.3 is 10.6 Å². The molecule has 2 aliphatic rings. The highest BCUT2D eigenvalue weighted by molar-refractivity contribution is 7.89. The minimum absolute atomic E-state index is 0.329. The van der Waals surface area contributed by atoms with Gasteiger partial charge in [0.25, 0.3) is 0 Å². The van der Waals surface area contributed by atoms with Gasteiger partial charge in [-0.15, -0.1) is 0 Å². The summed E-state index contributed by atoms with van der Waals surface area (Å²) in [6.07, 6.45) is 6.46. The SMILES string of the molecule is CC1CC(NC(=S)Nc2ccc(S(=O)(=O)N3CCCCC3)cc2)CC(C)(C)C1. The van der Waals surface area contributed by atoms with E-state index in [9.17, 15) is 8.42 Å². The molecule has 1 aliphatic carbocycles. The molecule has 0 amide bonds. The molecule has 2 unspecified atom stereocenters. The maximum Gasteiger partial charge on any atom is 0.243 e. The van der Waals surface area contributed by atoms with Gasteiger partial charge in [-0.05, 0) is 79.9 Å². The second-order valence-corrected chi connectivity index (χ2v) is 11.5. The monoisotopic (exact) mass is 423 g/mol. The van der Waals surface area contributed by atoms with Crippen molar-refractivity contribution in [3.05, 3.63) is 24.3 Å². The van der Waals surface area contributed by atoms with Crippen molar-refractivity contribution in [1.82, 2.24) is 9.62 Å². The zero-order valence-corrected chi connectivity index (χ0v) is 18.8. The van der Waals surface area contributed by atoms with E-state index in [1.807, 2.05) is 0 Å². The van der Waals surface area contributed by atoms with E-state index in [1.54, 1.807) is 28.6 Å². The van der Waals surface area contributed by atoms with E-state index in [0.717, 1.165) is 37.8 Å². The number of nitrogens with one attached hydrogen (secondary N) is 2. The highest BCUT2D eigenvalue weighted by Crippen LogP contribution is 2.38. The van der Waals surface area contributed by atoms with Crippen LogP contribution < -0.4 is 10.6 Å². The lowest BCUT2D eigenvalue weighted by atomic mass is 9.71. The Bertz CT molecular complexity index is 784. The van der Waals surface area contributed by atoms with Crippen molar-refractivity contribution < 1.29 is 8.42 Å². The van der Waals surface area contributed by atoms with Gasteiger partial charge in [0.15, 0.2) is 5.11 Å². The smallest absolute Gasteiger partial charge is 0.243 e. The lowest BCUT2D eigenvalue weighted by molar-refractivity contribution is 0.162. The quantitative estimate of drug-likeness (QED) is 0.705. The lowest BCUT2D eigenvalue weighted by Gasteiger charge is -2.39. The molecule has 1 aromatic carbocycles. The summed E-state index contributed by atoms with van der Waals surface area (Å²) in [5, 5.41) is 7.24. The Morgan fingerprint density at radius 3 is 2.36 bits per heavy atom. The summed E-state index contributed by atoms with van der Waals surface area (Å²) in [5.74, 6) is 0.684. The fraction of sp³-hybridized carbons (Fsp3) is 0.667. The van der Waals surface area contributed by atoms with Crippen LogP contribution in [0.4, 0.5) is 5.69 Å². The molecular formula is C21H33N3O2S2. The van der Waals surface area contributed by atoms with Crippen LogP contribution in [0.5, 0.6) is 0 Å². The van der Waals surface area contributed by atoms with Crippen LogP contribution in [0.1, 0.15) is 59.3 Å². The molecule has 0 spiro atoms. The van der Waals surface area contributed by atoms with Gasteiger partial charge in [0, 0.05) is 24.8 Å². The molecule has 156 valence electrons. The molecule has 5 nitrogen and oxygen atoms in total. The van der Waals surface area contributed by atoms with Gasteiger partial charge in [0.2, 0.25) is 10.0 Å². The molecule has 1 heterocycles. The summed E-state index contributed by atoms with van der Waals surface area (Å²) in [4.78, 5) is 0.349. The summed E-state index contributed by atoms with van der Waals surface area (Å²) in [7, 11) is -3.39. The van der Waals surface area contributed by atoms with E-state index in [4.69, 9.17) is 12.2 Å². The lowest BCUT2D eigenvalue weighted by Crippen LogP contribution is -2.44. The molecule has 2 N–H and O–H groups in total. The molecule has 1 saturated carbocycles. The number of thiocarbonyl (C=S) groups is 1. The van der Waals surface area contributed by atoms with Gasteiger partial charge >= 0.3 is 0 Å². The summed E-state index contributed by atoms with van der Waals surface area (Å²) in [6, 6.07) is 7.29. The summed E-state index contributed by atoms with van der Waals surface area (Å²) in [5.41, 5.74) is 1.13. The maximum absolute atomic E-state index is 12.7. The van der Waals surface area contributed by atoms with E-state index in [2.05, 4.69) is 31.4 Å². The van der Waals surface area contributed by atoms with Gasteiger partial charge in [0.1, 0.15) is 0 Å². The molecule has 1 saturated heterocycles. The van der Waals surface area contributed by atoms with Crippen LogP contribution in [-0.2, 0) is 10.0 Å². The second kappa shape index (κ2) is 8.67. The molecule has 0 aromatic heterocycles. The average molecular weight is 424 g/mol. The van der Waals surface area contributed by atoms with Gasteiger partial charge in [-0.2, -0.15) is 4.31 Å². The van der Waals surface area contributed by atoms with Crippen LogP contribution in [-0.4, -0.2) is 37.0 Å². The van der Waals surface area contributed by atoms with Crippen molar-refractivity contribution in [2.75, 3.05) is 18.4 Å². The Balaban J connectivity index is 1.58. The van der Waals surface area contributed by atoms with E-state index in [-0.39, 0.29) is 0 Å². The number of hydrogen-bond donors (Lipinski definition) is 2. The zero-order chi connectivity index (χ0) is 20.4. The second-order valence-electron chi connectivity index (χ2n) is 9.20. The molecule has 0 bridgehead atoms. The summed E-state index contributed by atoms with van der Waals surface area (Å²) < 4.78 is 27.1. The summed E-state index contributed by atoms with van der Waals surface area (Å²) in [6.45, 7) is 8.16. The van der Waals surface area contributed by atoms with Crippen molar-refractivity contribution in [2.45, 2.75) is 70.2 Å². The standard InChI is InChI=1S/C21H33N3O2S2/c1-16-13-18(15-21(2,3)14-16)23-20(27)22-17-7-9-19(10-8-17)28(25,26)24-11-5-4-6-12-24/h7-10,16,18H,4-6,11-15H2,1-3H3,(H2,22,23,27). The normalized spacial score (nSPS) is 25.8. The van der Waals surface area contributed by atoms with Crippen LogP contribution in [0.3, 0.4) is 0 Å². The Kier molecular flexibility index (Phi) is 6.67. The first kappa shape index (κ1) is 21.5. The third-order valence-electron chi connectivity index (χ3n) is 5.79. The molecule has 28 heavy (non-hydrogen) atoms. The molecular weight excluding hydrogens is 390 g/mol. The first-order valence-electron chi connectivity index (χ1n) is 10.3. The molecule has 2 atom stereocenters. The van der Waals surface area contributed by atoms with E-state index < -0.39 is 10.0 Å². The summed E-state index contributed by atoms with van der Waals surface area (Å²) >= 11 is 5.49. The maximum atomic E-state index is 12.7. The van der Waals surface area contributed by atoms with E-state index >= 15 is 0 Å². The number of piperidine rings is 1. The predicted octanol–water partition coefficient (Wildman–Crippen LogP) is 4.36.